The van der Waals surface area contributed by atoms with E-state index in [1.54, 1.807) is 18.2 Å². The number of piperazine rings is 1. The van der Waals surface area contributed by atoms with Gasteiger partial charge in [-0.2, -0.15) is 0 Å². The third-order valence-electron chi connectivity index (χ3n) is 6.48. The van der Waals surface area contributed by atoms with Crippen LogP contribution in [-0.2, 0) is 0 Å². The first-order valence-electron chi connectivity index (χ1n) is 13.4. The minimum atomic E-state index is 0.00769. The zero-order valence-corrected chi connectivity index (χ0v) is 22.1. The Morgan fingerprint density at radius 3 is 2.21 bits per heavy atom. The number of ether oxygens (including phenoxy) is 1. The zero-order valence-electron chi connectivity index (χ0n) is 22.1. The number of benzene rings is 1. The van der Waals surface area contributed by atoms with Crippen LogP contribution in [0.1, 0.15) is 95.8 Å². The first-order valence-corrected chi connectivity index (χ1v) is 13.4. The molecule has 1 aromatic carbocycles. The molecule has 1 aliphatic heterocycles. The number of nitrogen functional groups attached to an aromatic ring is 1. The molecule has 0 amide bonds. The summed E-state index contributed by atoms with van der Waals surface area (Å²) in [5.41, 5.74) is 6.72. The van der Waals surface area contributed by atoms with Crippen LogP contribution in [-0.4, -0.2) is 50.5 Å². The number of nitrogens with zero attached hydrogens (tertiary/aromatic N) is 1. The van der Waals surface area contributed by atoms with Crippen molar-refractivity contribution >= 4 is 11.5 Å². The maximum Gasteiger partial charge on any atom is 0.159 e. The molecule has 4 rings (SSSR count). The summed E-state index contributed by atoms with van der Waals surface area (Å²) in [7, 11) is 1.52. The largest absolute Gasteiger partial charge is 0.495 e. The third kappa shape index (κ3) is 13.0. The number of hydrogen-bond donors (Lipinski definition) is 2. The molecule has 1 heterocycles. The van der Waals surface area contributed by atoms with Crippen molar-refractivity contribution in [3.8, 4) is 5.75 Å². The molecule has 0 aromatic heterocycles. The van der Waals surface area contributed by atoms with Gasteiger partial charge in [0.2, 0.25) is 0 Å². The van der Waals surface area contributed by atoms with E-state index in [2.05, 4.69) is 17.1 Å². The summed E-state index contributed by atoms with van der Waals surface area (Å²) in [6.45, 7) is 14.1. The molecule has 190 valence electrons. The topological polar surface area (TPSA) is 67.6 Å². The van der Waals surface area contributed by atoms with Crippen molar-refractivity contribution in [2.45, 2.75) is 85.5 Å². The Kier molecular flexibility index (Phi) is 15.9. The lowest BCUT2D eigenvalue weighted by Crippen LogP contribution is -2.44. The highest BCUT2D eigenvalue weighted by Crippen LogP contribution is 2.29. The van der Waals surface area contributed by atoms with Gasteiger partial charge in [-0.25, -0.2) is 0 Å². The molecular weight excluding hydrogens is 410 g/mol. The smallest absolute Gasteiger partial charge is 0.159 e. The fraction of sp³-hybridized carbons (Fsp3) is 0.750. The molecule has 3 fully saturated rings. The van der Waals surface area contributed by atoms with Crippen LogP contribution >= 0.6 is 0 Å². The number of carbonyl (C=O) groups excluding carboxylic acids is 1. The van der Waals surface area contributed by atoms with E-state index in [0.29, 0.717) is 17.0 Å². The van der Waals surface area contributed by atoms with E-state index >= 15 is 0 Å². The number of ketones is 1. The van der Waals surface area contributed by atoms with Gasteiger partial charge in [0.05, 0.1) is 12.8 Å². The summed E-state index contributed by atoms with van der Waals surface area (Å²) in [5, 5.41) is 3.37. The van der Waals surface area contributed by atoms with Gasteiger partial charge < -0.3 is 20.7 Å². The van der Waals surface area contributed by atoms with Crippen molar-refractivity contribution < 1.29 is 9.53 Å². The van der Waals surface area contributed by atoms with Gasteiger partial charge in [-0.3, -0.25) is 4.79 Å². The Bertz CT molecular complexity index is 631. The quantitative estimate of drug-likeness (QED) is 0.391. The Morgan fingerprint density at radius 1 is 1.06 bits per heavy atom. The summed E-state index contributed by atoms with van der Waals surface area (Å²) in [5.74, 6) is 2.72. The number of rotatable bonds is 6. The Hall–Kier alpha value is -1.59. The standard InChI is InChI=1S/C9H11NO2.C9H18.C8H16N2.C2H6/c1-6(11)7-3-4-8(10)9(5-7)12-2;1-2-6-9-7-4-3-5-8-9;1-2-8(1)7-10-5-3-9-4-6-10;1-2/h3-5H,10H2,1-2H3;9H,2-8H2,1H3;8-9H,1-7H2;1-2H3. The summed E-state index contributed by atoms with van der Waals surface area (Å²) >= 11 is 0. The van der Waals surface area contributed by atoms with Gasteiger partial charge in [-0.05, 0) is 49.8 Å². The lowest BCUT2D eigenvalue weighted by molar-refractivity contribution is 0.101. The summed E-state index contributed by atoms with van der Waals surface area (Å²) < 4.78 is 4.96. The predicted molar refractivity (Wildman–Crippen MR) is 142 cm³/mol. The highest BCUT2D eigenvalue weighted by molar-refractivity contribution is 5.95. The number of anilines is 1. The maximum absolute atomic E-state index is 10.9. The van der Waals surface area contributed by atoms with Gasteiger partial charge in [0.25, 0.3) is 0 Å². The second-order valence-electron chi connectivity index (χ2n) is 9.30. The Morgan fingerprint density at radius 2 is 1.70 bits per heavy atom. The zero-order chi connectivity index (χ0) is 24.5. The molecule has 1 saturated heterocycles. The fourth-order valence-corrected chi connectivity index (χ4v) is 4.37. The van der Waals surface area contributed by atoms with Crippen LogP contribution in [0.15, 0.2) is 18.2 Å². The number of nitrogens with one attached hydrogen (secondary N) is 1. The monoisotopic (exact) mass is 461 g/mol. The van der Waals surface area contributed by atoms with E-state index in [1.165, 1.54) is 105 Å². The van der Waals surface area contributed by atoms with Crippen molar-refractivity contribution in [1.29, 1.82) is 0 Å². The van der Waals surface area contributed by atoms with Gasteiger partial charge >= 0.3 is 0 Å². The molecule has 0 spiro atoms. The minimum absolute atomic E-state index is 0.00769. The Labute approximate surface area is 203 Å². The molecule has 3 N–H and O–H groups in total. The molecule has 0 unspecified atom stereocenters. The molecule has 3 aliphatic rings. The molecule has 5 heteroatoms. The molecule has 2 saturated carbocycles. The lowest BCUT2D eigenvalue weighted by atomic mass is 9.86. The van der Waals surface area contributed by atoms with Crippen molar-refractivity contribution in [3.63, 3.8) is 0 Å². The SMILES string of the molecule is C1CN(CC2CC2)CCN1.CC.CCCC1CCCCC1.COc1cc(C(C)=O)ccc1N. The van der Waals surface area contributed by atoms with Crippen molar-refractivity contribution in [3.05, 3.63) is 23.8 Å². The molecule has 1 aromatic rings. The fourth-order valence-electron chi connectivity index (χ4n) is 4.37. The van der Waals surface area contributed by atoms with E-state index in [-0.39, 0.29) is 5.78 Å². The van der Waals surface area contributed by atoms with Gasteiger partial charge in [0, 0.05) is 38.3 Å². The number of carbonyl (C=O) groups is 1. The molecule has 0 atom stereocenters. The van der Waals surface area contributed by atoms with E-state index in [1.807, 2.05) is 13.8 Å². The third-order valence-corrected chi connectivity index (χ3v) is 6.48. The highest BCUT2D eigenvalue weighted by atomic mass is 16.5. The van der Waals surface area contributed by atoms with E-state index in [4.69, 9.17) is 10.5 Å². The highest BCUT2D eigenvalue weighted by Gasteiger charge is 2.24. The molecule has 5 nitrogen and oxygen atoms in total. The summed E-state index contributed by atoms with van der Waals surface area (Å²) in [6.07, 6.45) is 13.4. The number of Topliss-reactive ketones (excluding diaryl/α,β-unsaturated/α-hetero) is 1. The lowest BCUT2D eigenvalue weighted by Gasteiger charge is -2.26. The average Bonchev–Trinajstić information content (AvgIpc) is 3.67. The Balaban J connectivity index is 0.000000240. The van der Waals surface area contributed by atoms with Gasteiger partial charge in [-0.1, -0.05) is 65.7 Å². The average molecular weight is 462 g/mol. The predicted octanol–water partition coefficient (Wildman–Crippen LogP) is 6.17. The van der Waals surface area contributed by atoms with Crippen LogP contribution in [0, 0.1) is 11.8 Å². The first-order chi connectivity index (χ1) is 16.0. The van der Waals surface area contributed by atoms with Crippen LogP contribution in [0.3, 0.4) is 0 Å². The molecular formula is C28H51N3O2. The molecule has 33 heavy (non-hydrogen) atoms. The second-order valence-corrected chi connectivity index (χ2v) is 9.30. The second kappa shape index (κ2) is 17.8. The first kappa shape index (κ1) is 29.4. The van der Waals surface area contributed by atoms with Gasteiger partial charge in [0.15, 0.2) is 5.78 Å². The van der Waals surface area contributed by atoms with Crippen molar-refractivity contribution in [2.75, 3.05) is 45.6 Å². The number of hydrogen-bond acceptors (Lipinski definition) is 5. The van der Waals surface area contributed by atoms with Crippen molar-refractivity contribution in [2.24, 2.45) is 11.8 Å². The van der Waals surface area contributed by atoms with E-state index in [9.17, 15) is 4.79 Å². The van der Waals surface area contributed by atoms with E-state index < -0.39 is 0 Å². The molecule has 0 bridgehead atoms. The van der Waals surface area contributed by atoms with Crippen LogP contribution < -0.4 is 15.8 Å². The van der Waals surface area contributed by atoms with Crippen LogP contribution in [0.25, 0.3) is 0 Å². The van der Waals surface area contributed by atoms with Crippen LogP contribution in [0.5, 0.6) is 5.75 Å². The minimum Gasteiger partial charge on any atom is -0.495 e. The molecule has 0 radical (unpaired) electrons. The normalized spacial score (nSPS) is 18.5. The number of methoxy groups -OCH3 is 1. The van der Waals surface area contributed by atoms with Crippen molar-refractivity contribution in [1.82, 2.24) is 10.2 Å². The van der Waals surface area contributed by atoms with Crippen LogP contribution in [0.2, 0.25) is 0 Å². The van der Waals surface area contributed by atoms with E-state index in [0.717, 1.165) is 11.8 Å². The summed E-state index contributed by atoms with van der Waals surface area (Å²) in [4.78, 5) is 13.5. The van der Waals surface area contributed by atoms with Crippen LogP contribution in [0.4, 0.5) is 5.69 Å². The summed E-state index contributed by atoms with van der Waals surface area (Å²) in [6, 6.07) is 4.98. The molecule has 2 aliphatic carbocycles. The van der Waals surface area contributed by atoms with Gasteiger partial charge in [0.1, 0.15) is 5.75 Å². The number of nitrogens with two attached hydrogens (primary N) is 1. The maximum atomic E-state index is 10.9. The van der Waals surface area contributed by atoms with Gasteiger partial charge in [-0.15, -0.1) is 0 Å².